The standard InChI is InChI=1S/C16H16N2O/c17-16(19)14-6-7-15-13(10-14)8-9-18(15)11-12-4-2-1-3-5-12/h1-7,10H,8-9,11H2,(H2,17,19). The third-order valence-electron chi connectivity index (χ3n) is 3.57. The summed E-state index contributed by atoms with van der Waals surface area (Å²) in [4.78, 5) is 13.5. The number of primary amides is 1. The first-order valence-corrected chi connectivity index (χ1v) is 6.45. The van der Waals surface area contributed by atoms with Crippen LogP contribution in [-0.2, 0) is 13.0 Å². The van der Waals surface area contributed by atoms with Crippen LogP contribution in [0.5, 0.6) is 0 Å². The number of hydrogen-bond acceptors (Lipinski definition) is 2. The summed E-state index contributed by atoms with van der Waals surface area (Å²) in [5.41, 5.74) is 9.64. The van der Waals surface area contributed by atoms with E-state index in [1.54, 1.807) is 0 Å². The lowest BCUT2D eigenvalue weighted by molar-refractivity contribution is 0.1000. The first-order valence-electron chi connectivity index (χ1n) is 6.45. The second-order valence-corrected chi connectivity index (χ2v) is 4.86. The average molecular weight is 252 g/mol. The summed E-state index contributed by atoms with van der Waals surface area (Å²) >= 11 is 0. The van der Waals surface area contributed by atoms with E-state index in [1.165, 1.54) is 16.8 Å². The minimum absolute atomic E-state index is 0.357. The Morgan fingerprint density at radius 1 is 1.16 bits per heavy atom. The van der Waals surface area contributed by atoms with E-state index in [1.807, 2.05) is 24.3 Å². The third kappa shape index (κ3) is 2.32. The van der Waals surface area contributed by atoms with Gasteiger partial charge in [-0.05, 0) is 35.7 Å². The van der Waals surface area contributed by atoms with Gasteiger partial charge in [-0.1, -0.05) is 30.3 Å². The van der Waals surface area contributed by atoms with Crippen LogP contribution in [0.3, 0.4) is 0 Å². The zero-order chi connectivity index (χ0) is 13.2. The fourth-order valence-corrected chi connectivity index (χ4v) is 2.59. The van der Waals surface area contributed by atoms with E-state index < -0.39 is 0 Å². The quantitative estimate of drug-likeness (QED) is 0.911. The third-order valence-corrected chi connectivity index (χ3v) is 3.57. The molecule has 0 aliphatic carbocycles. The molecular formula is C16H16N2O. The minimum Gasteiger partial charge on any atom is -0.367 e. The summed E-state index contributed by atoms with van der Waals surface area (Å²) in [5.74, 6) is -0.357. The number of carbonyl (C=O) groups is 1. The monoisotopic (exact) mass is 252 g/mol. The van der Waals surface area contributed by atoms with Gasteiger partial charge in [-0.15, -0.1) is 0 Å². The van der Waals surface area contributed by atoms with Crippen LogP contribution >= 0.6 is 0 Å². The van der Waals surface area contributed by atoms with Gasteiger partial charge in [-0.3, -0.25) is 4.79 Å². The SMILES string of the molecule is NC(=O)c1ccc2c(c1)CCN2Cc1ccccc1. The van der Waals surface area contributed by atoms with Gasteiger partial charge in [0, 0.05) is 24.3 Å². The molecule has 1 heterocycles. The Bertz CT molecular complexity index is 607. The molecule has 0 unspecified atom stereocenters. The van der Waals surface area contributed by atoms with Crippen LogP contribution in [0.1, 0.15) is 21.5 Å². The first-order chi connectivity index (χ1) is 9.24. The predicted molar refractivity (Wildman–Crippen MR) is 76.2 cm³/mol. The van der Waals surface area contributed by atoms with Crippen LogP contribution in [0.2, 0.25) is 0 Å². The normalized spacial score (nSPS) is 13.4. The Morgan fingerprint density at radius 2 is 1.95 bits per heavy atom. The van der Waals surface area contributed by atoms with Gasteiger partial charge < -0.3 is 10.6 Å². The lowest BCUT2D eigenvalue weighted by Gasteiger charge is -2.19. The molecule has 0 bridgehead atoms. The minimum atomic E-state index is -0.357. The Labute approximate surface area is 112 Å². The number of nitrogens with two attached hydrogens (primary N) is 1. The van der Waals surface area contributed by atoms with Gasteiger partial charge in [0.15, 0.2) is 0 Å². The highest BCUT2D eigenvalue weighted by Gasteiger charge is 2.19. The summed E-state index contributed by atoms with van der Waals surface area (Å²) in [6, 6.07) is 16.1. The Morgan fingerprint density at radius 3 is 2.68 bits per heavy atom. The van der Waals surface area contributed by atoms with Crippen LogP contribution in [-0.4, -0.2) is 12.5 Å². The van der Waals surface area contributed by atoms with E-state index in [0.717, 1.165) is 19.5 Å². The van der Waals surface area contributed by atoms with Crippen molar-refractivity contribution in [3.05, 3.63) is 65.2 Å². The molecule has 1 aliphatic heterocycles. The van der Waals surface area contributed by atoms with Gasteiger partial charge in [0.2, 0.25) is 5.91 Å². The van der Waals surface area contributed by atoms with E-state index in [4.69, 9.17) is 5.73 Å². The topological polar surface area (TPSA) is 46.3 Å². The van der Waals surface area contributed by atoms with Crippen molar-refractivity contribution in [2.24, 2.45) is 5.73 Å². The highest BCUT2D eigenvalue weighted by molar-refractivity contribution is 5.93. The maximum atomic E-state index is 11.2. The van der Waals surface area contributed by atoms with E-state index in [9.17, 15) is 4.79 Å². The van der Waals surface area contributed by atoms with Crippen molar-refractivity contribution in [2.45, 2.75) is 13.0 Å². The largest absolute Gasteiger partial charge is 0.367 e. The predicted octanol–water partition coefficient (Wildman–Crippen LogP) is 2.35. The second kappa shape index (κ2) is 4.76. The second-order valence-electron chi connectivity index (χ2n) is 4.86. The zero-order valence-electron chi connectivity index (χ0n) is 10.7. The molecular weight excluding hydrogens is 236 g/mol. The molecule has 2 aromatic carbocycles. The number of rotatable bonds is 3. The van der Waals surface area contributed by atoms with Crippen LogP contribution in [0.4, 0.5) is 5.69 Å². The molecule has 96 valence electrons. The zero-order valence-corrected chi connectivity index (χ0v) is 10.7. The molecule has 0 atom stereocenters. The van der Waals surface area contributed by atoms with Gasteiger partial charge in [0.25, 0.3) is 0 Å². The summed E-state index contributed by atoms with van der Waals surface area (Å²) in [5, 5.41) is 0. The molecule has 0 aromatic heterocycles. The van der Waals surface area contributed by atoms with Crippen molar-refractivity contribution in [1.82, 2.24) is 0 Å². The lowest BCUT2D eigenvalue weighted by atomic mass is 10.1. The number of carbonyl (C=O) groups excluding carboxylic acids is 1. The van der Waals surface area contributed by atoms with Gasteiger partial charge in [-0.2, -0.15) is 0 Å². The number of hydrogen-bond donors (Lipinski definition) is 1. The molecule has 0 spiro atoms. The molecule has 3 heteroatoms. The van der Waals surface area contributed by atoms with Crippen LogP contribution in [0.15, 0.2) is 48.5 Å². The summed E-state index contributed by atoms with van der Waals surface area (Å²) in [6.45, 7) is 1.90. The van der Waals surface area contributed by atoms with E-state index in [0.29, 0.717) is 5.56 Å². The van der Waals surface area contributed by atoms with E-state index in [-0.39, 0.29) is 5.91 Å². The van der Waals surface area contributed by atoms with Gasteiger partial charge in [-0.25, -0.2) is 0 Å². The maximum Gasteiger partial charge on any atom is 0.248 e. The van der Waals surface area contributed by atoms with Crippen molar-refractivity contribution in [2.75, 3.05) is 11.4 Å². The molecule has 3 nitrogen and oxygen atoms in total. The summed E-state index contributed by atoms with van der Waals surface area (Å²) in [7, 11) is 0. The fraction of sp³-hybridized carbons (Fsp3) is 0.188. The molecule has 1 aliphatic rings. The number of benzene rings is 2. The maximum absolute atomic E-state index is 11.2. The van der Waals surface area contributed by atoms with E-state index >= 15 is 0 Å². The van der Waals surface area contributed by atoms with Crippen LogP contribution < -0.4 is 10.6 Å². The van der Waals surface area contributed by atoms with Crippen molar-refractivity contribution in [3.63, 3.8) is 0 Å². The van der Waals surface area contributed by atoms with Crippen molar-refractivity contribution < 1.29 is 4.79 Å². The number of nitrogens with zero attached hydrogens (tertiary/aromatic N) is 1. The lowest BCUT2D eigenvalue weighted by Crippen LogP contribution is -2.19. The molecule has 2 aromatic rings. The van der Waals surface area contributed by atoms with Crippen LogP contribution in [0.25, 0.3) is 0 Å². The molecule has 1 amide bonds. The molecule has 2 N–H and O–H groups in total. The van der Waals surface area contributed by atoms with E-state index in [2.05, 4.69) is 29.2 Å². The smallest absolute Gasteiger partial charge is 0.248 e. The number of anilines is 1. The highest BCUT2D eigenvalue weighted by Crippen LogP contribution is 2.30. The number of fused-ring (bicyclic) bond motifs is 1. The molecule has 0 radical (unpaired) electrons. The molecule has 19 heavy (non-hydrogen) atoms. The molecule has 0 saturated carbocycles. The Hall–Kier alpha value is -2.29. The summed E-state index contributed by atoms with van der Waals surface area (Å²) in [6.07, 6.45) is 0.975. The fourth-order valence-electron chi connectivity index (χ4n) is 2.59. The van der Waals surface area contributed by atoms with Crippen LogP contribution in [0, 0.1) is 0 Å². The molecule has 3 rings (SSSR count). The van der Waals surface area contributed by atoms with Crippen molar-refractivity contribution >= 4 is 11.6 Å². The highest BCUT2D eigenvalue weighted by atomic mass is 16.1. The Balaban J connectivity index is 1.84. The van der Waals surface area contributed by atoms with Crippen molar-refractivity contribution in [3.8, 4) is 0 Å². The van der Waals surface area contributed by atoms with Gasteiger partial charge in [0.1, 0.15) is 0 Å². The Kier molecular flexibility index (Phi) is 2.95. The summed E-state index contributed by atoms with van der Waals surface area (Å²) < 4.78 is 0. The molecule has 0 fully saturated rings. The van der Waals surface area contributed by atoms with Gasteiger partial charge in [0.05, 0.1) is 0 Å². The van der Waals surface area contributed by atoms with Gasteiger partial charge >= 0.3 is 0 Å². The molecule has 0 saturated heterocycles. The van der Waals surface area contributed by atoms with Crippen molar-refractivity contribution in [1.29, 1.82) is 0 Å². The average Bonchev–Trinajstić information content (AvgIpc) is 2.82. The first kappa shape index (κ1) is 11.8. The number of amides is 1.